The molecule has 1 aliphatic rings. The summed E-state index contributed by atoms with van der Waals surface area (Å²) in [6.45, 7) is 3.98. The van der Waals surface area contributed by atoms with E-state index in [1.54, 1.807) is 10.3 Å². The Kier molecular flexibility index (Phi) is 6.24. The summed E-state index contributed by atoms with van der Waals surface area (Å²) in [6, 6.07) is 9.03. The zero-order valence-corrected chi connectivity index (χ0v) is 18.6. The molecule has 1 aliphatic carbocycles. The standard InChI is InChI=1S/C22H24N4O2S2/c1-14-7-5-10-18(15(14)2)26(22(28)17-13-30-25-24-17)20(19-11-6-12-29-19)21(27)23-16-8-3-4-9-16/h5-7,10-13,16,20H,3-4,8-9H2,1-2H3,(H,23,27). The van der Waals surface area contributed by atoms with Gasteiger partial charge in [-0.05, 0) is 66.9 Å². The van der Waals surface area contributed by atoms with Crippen molar-refractivity contribution in [1.82, 2.24) is 14.9 Å². The lowest BCUT2D eigenvalue weighted by atomic mass is 10.0. The monoisotopic (exact) mass is 440 g/mol. The number of carbonyl (C=O) groups excluding carboxylic acids is 2. The highest BCUT2D eigenvalue weighted by atomic mass is 32.1. The third-order valence-corrected chi connectivity index (χ3v) is 7.08. The number of rotatable bonds is 6. The van der Waals surface area contributed by atoms with Crippen molar-refractivity contribution in [2.45, 2.75) is 51.6 Å². The first kappa shape index (κ1) is 20.7. The number of amides is 2. The number of hydrogen-bond acceptors (Lipinski definition) is 6. The molecule has 1 atom stereocenters. The number of carbonyl (C=O) groups is 2. The van der Waals surface area contributed by atoms with Crippen molar-refractivity contribution in [3.05, 3.63) is 62.8 Å². The fourth-order valence-corrected chi connectivity index (χ4v) is 5.16. The largest absolute Gasteiger partial charge is 0.351 e. The first-order valence-corrected chi connectivity index (χ1v) is 11.8. The minimum Gasteiger partial charge on any atom is -0.351 e. The van der Waals surface area contributed by atoms with E-state index in [1.807, 2.05) is 49.6 Å². The third kappa shape index (κ3) is 4.15. The molecule has 1 fully saturated rings. The first-order valence-electron chi connectivity index (χ1n) is 10.1. The molecule has 2 amide bonds. The second-order valence-corrected chi connectivity index (χ2v) is 9.18. The van der Waals surface area contributed by atoms with E-state index >= 15 is 0 Å². The number of benzene rings is 1. The van der Waals surface area contributed by atoms with Gasteiger partial charge in [0.05, 0.1) is 0 Å². The van der Waals surface area contributed by atoms with E-state index in [4.69, 9.17) is 0 Å². The van der Waals surface area contributed by atoms with Crippen LogP contribution in [0.2, 0.25) is 0 Å². The van der Waals surface area contributed by atoms with E-state index in [0.717, 1.165) is 53.2 Å². The van der Waals surface area contributed by atoms with Crippen LogP contribution in [-0.4, -0.2) is 27.4 Å². The Bertz CT molecular complexity index is 1010. The van der Waals surface area contributed by atoms with Gasteiger partial charge < -0.3 is 5.32 Å². The second-order valence-electron chi connectivity index (χ2n) is 7.59. The third-order valence-electron chi connectivity index (χ3n) is 5.65. The smallest absolute Gasteiger partial charge is 0.280 e. The maximum atomic E-state index is 13.6. The fraction of sp³-hybridized carbons (Fsp3) is 0.364. The zero-order valence-electron chi connectivity index (χ0n) is 17.0. The molecule has 0 spiro atoms. The molecule has 0 aliphatic heterocycles. The summed E-state index contributed by atoms with van der Waals surface area (Å²) < 4.78 is 3.86. The van der Waals surface area contributed by atoms with Gasteiger partial charge in [-0.15, -0.1) is 16.4 Å². The molecule has 0 radical (unpaired) electrons. The van der Waals surface area contributed by atoms with Gasteiger partial charge >= 0.3 is 0 Å². The maximum Gasteiger partial charge on any atom is 0.280 e. The predicted octanol–water partition coefficient (Wildman–Crippen LogP) is 4.66. The molecule has 2 aromatic heterocycles. The van der Waals surface area contributed by atoms with Crippen LogP contribution in [0.4, 0.5) is 5.69 Å². The van der Waals surface area contributed by atoms with Crippen molar-refractivity contribution in [2.75, 3.05) is 4.90 Å². The summed E-state index contributed by atoms with van der Waals surface area (Å²) in [5.41, 5.74) is 2.98. The Hall–Kier alpha value is -2.58. The van der Waals surface area contributed by atoms with Crippen LogP contribution in [0, 0.1) is 13.8 Å². The minimum atomic E-state index is -0.764. The molecule has 1 unspecified atom stereocenters. The Labute approximate surface area is 184 Å². The molecule has 1 N–H and O–H groups in total. The van der Waals surface area contributed by atoms with Crippen molar-refractivity contribution in [1.29, 1.82) is 0 Å². The van der Waals surface area contributed by atoms with Crippen molar-refractivity contribution in [3.63, 3.8) is 0 Å². The van der Waals surface area contributed by atoms with Crippen molar-refractivity contribution in [2.24, 2.45) is 0 Å². The molecule has 3 aromatic rings. The molecule has 1 aromatic carbocycles. The van der Waals surface area contributed by atoms with Gasteiger partial charge in [0.25, 0.3) is 5.91 Å². The average Bonchev–Trinajstić information content (AvgIpc) is 3.51. The van der Waals surface area contributed by atoms with Gasteiger partial charge in [0.15, 0.2) is 11.7 Å². The molecule has 156 valence electrons. The number of nitrogens with one attached hydrogen (secondary N) is 1. The molecule has 0 bridgehead atoms. The highest BCUT2D eigenvalue weighted by Crippen LogP contribution is 2.35. The van der Waals surface area contributed by atoms with Gasteiger partial charge in [0.2, 0.25) is 5.91 Å². The summed E-state index contributed by atoms with van der Waals surface area (Å²) >= 11 is 2.60. The average molecular weight is 441 g/mol. The number of anilines is 1. The molecule has 8 heteroatoms. The minimum absolute atomic E-state index is 0.151. The van der Waals surface area contributed by atoms with Gasteiger partial charge in [-0.1, -0.05) is 35.5 Å². The Balaban J connectivity index is 1.81. The predicted molar refractivity (Wildman–Crippen MR) is 120 cm³/mol. The van der Waals surface area contributed by atoms with Crippen LogP contribution in [0.15, 0.2) is 41.1 Å². The quantitative estimate of drug-likeness (QED) is 0.605. The van der Waals surface area contributed by atoms with Crippen LogP contribution in [-0.2, 0) is 4.79 Å². The van der Waals surface area contributed by atoms with Crippen molar-refractivity contribution in [3.8, 4) is 0 Å². The first-order chi connectivity index (χ1) is 14.6. The van der Waals surface area contributed by atoms with Crippen LogP contribution in [0.5, 0.6) is 0 Å². The fourth-order valence-electron chi connectivity index (χ4n) is 3.91. The van der Waals surface area contributed by atoms with E-state index in [2.05, 4.69) is 14.9 Å². The summed E-state index contributed by atoms with van der Waals surface area (Å²) in [7, 11) is 0. The Morgan fingerprint density at radius 2 is 1.97 bits per heavy atom. The molecular formula is C22H24N4O2S2. The van der Waals surface area contributed by atoms with Crippen LogP contribution in [0.1, 0.15) is 58.2 Å². The number of hydrogen-bond donors (Lipinski definition) is 1. The van der Waals surface area contributed by atoms with Gasteiger partial charge in [0, 0.05) is 22.0 Å². The summed E-state index contributed by atoms with van der Waals surface area (Å²) in [5.74, 6) is -0.473. The van der Waals surface area contributed by atoms with Gasteiger partial charge in [-0.2, -0.15) is 0 Å². The van der Waals surface area contributed by atoms with Gasteiger partial charge in [0.1, 0.15) is 0 Å². The van der Waals surface area contributed by atoms with E-state index in [1.165, 1.54) is 11.3 Å². The lowest BCUT2D eigenvalue weighted by Gasteiger charge is -2.32. The maximum absolute atomic E-state index is 13.6. The molecule has 4 rings (SSSR count). The zero-order chi connectivity index (χ0) is 21.1. The van der Waals surface area contributed by atoms with Crippen LogP contribution in [0.25, 0.3) is 0 Å². The van der Waals surface area contributed by atoms with Crippen molar-refractivity contribution >= 4 is 40.4 Å². The lowest BCUT2D eigenvalue weighted by Crippen LogP contribution is -2.46. The van der Waals surface area contributed by atoms with E-state index < -0.39 is 6.04 Å². The topological polar surface area (TPSA) is 75.2 Å². The van der Waals surface area contributed by atoms with Crippen LogP contribution in [0.3, 0.4) is 0 Å². The van der Waals surface area contributed by atoms with Crippen LogP contribution >= 0.6 is 22.9 Å². The van der Waals surface area contributed by atoms with E-state index in [0.29, 0.717) is 5.69 Å². The molecule has 0 saturated heterocycles. The molecule has 30 heavy (non-hydrogen) atoms. The molecule has 2 heterocycles. The SMILES string of the molecule is Cc1cccc(N(C(=O)c2csnn2)C(C(=O)NC2CCCC2)c2cccs2)c1C. The van der Waals surface area contributed by atoms with E-state index in [-0.39, 0.29) is 23.6 Å². The summed E-state index contributed by atoms with van der Waals surface area (Å²) in [5, 5.41) is 10.7. The normalized spacial score (nSPS) is 15.1. The molecule has 1 saturated carbocycles. The number of aryl methyl sites for hydroxylation is 1. The summed E-state index contributed by atoms with van der Waals surface area (Å²) in [6.07, 6.45) is 4.21. The van der Waals surface area contributed by atoms with E-state index in [9.17, 15) is 9.59 Å². The van der Waals surface area contributed by atoms with Gasteiger partial charge in [-0.3, -0.25) is 14.5 Å². The summed E-state index contributed by atoms with van der Waals surface area (Å²) in [4.78, 5) is 29.6. The highest BCUT2D eigenvalue weighted by molar-refractivity contribution is 7.10. The highest BCUT2D eigenvalue weighted by Gasteiger charge is 2.37. The number of thiophene rings is 1. The number of aromatic nitrogens is 2. The van der Waals surface area contributed by atoms with Gasteiger partial charge in [-0.25, -0.2) is 0 Å². The second kappa shape index (κ2) is 9.06. The lowest BCUT2D eigenvalue weighted by molar-refractivity contribution is -0.123. The Morgan fingerprint density at radius 3 is 2.63 bits per heavy atom. The molecular weight excluding hydrogens is 416 g/mol. The molecule has 6 nitrogen and oxygen atoms in total. The van der Waals surface area contributed by atoms with Crippen molar-refractivity contribution < 1.29 is 9.59 Å². The Morgan fingerprint density at radius 1 is 1.17 bits per heavy atom. The van der Waals surface area contributed by atoms with Crippen LogP contribution < -0.4 is 10.2 Å². The number of nitrogens with zero attached hydrogens (tertiary/aromatic N) is 3.